The summed E-state index contributed by atoms with van der Waals surface area (Å²) in [4.78, 5) is 36.2. The van der Waals surface area contributed by atoms with E-state index < -0.39 is 17.6 Å². The molecule has 1 aromatic carbocycles. The molecule has 0 bridgehead atoms. The Hall–Kier alpha value is -3.29. The minimum Gasteiger partial charge on any atom is -0.444 e. The number of nitrogens with one attached hydrogen (secondary N) is 3. The molecule has 2 aromatic rings. The van der Waals surface area contributed by atoms with Crippen LogP contribution in [0.4, 0.5) is 4.79 Å². The number of alkyl carbamates (subject to hydrolysis) is 1. The van der Waals surface area contributed by atoms with Gasteiger partial charge >= 0.3 is 6.09 Å². The van der Waals surface area contributed by atoms with Crippen LogP contribution in [0.2, 0.25) is 0 Å². The summed E-state index contributed by atoms with van der Waals surface area (Å²) in [6.07, 6.45) is 0.859. The van der Waals surface area contributed by atoms with Gasteiger partial charge in [0.05, 0.1) is 6.04 Å². The van der Waals surface area contributed by atoms with Gasteiger partial charge in [-0.3, -0.25) is 19.7 Å². The molecule has 0 saturated carbocycles. The lowest BCUT2D eigenvalue weighted by Crippen LogP contribution is -2.40. The van der Waals surface area contributed by atoms with E-state index in [0.29, 0.717) is 0 Å². The lowest BCUT2D eigenvalue weighted by molar-refractivity contribution is -0.116. The maximum Gasteiger partial charge on any atom is 0.408 e. The average Bonchev–Trinajstić information content (AvgIpc) is 3.07. The minimum absolute atomic E-state index is 0.193. The molecule has 0 aliphatic carbocycles. The summed E-state index contributed by atoms with van der Waals surface area (Å²) >= 11 is 0. The van der Waals surface area contributed by atoms with Gasteiger partial charge < -0.3 is 15.4 Å². The van der Waals surface area contributed by atoms with Gasteiger partial charge in [-0.1, -0.05) is 30.3 Å². The predicted molar refractivity (Wildman–Crippen MR) is 105 cm³/mol. The number of benzene rings is 1. The van der Waals surface area contributed by atoms with E-state index in [2.05, 4.69) is 16.1 Å². The summed E-state index contributed by atoms with van der Waals surface area (Å²) in [5.41, 5.74) is 3.14. The molecule has 0 aliphatic rings. The number of ether oxygens (including phenoxy) is 1. The number of amides is 3. The number of nitrogens with zero attached hydrogens (tertiary/aromatic N) is 1. The van der Waals surface area contributed by atoms with E-state index in [-0.39, 0.29) is 24.2 Å². The van der Waals surface area contributed by atoms with Crippen molar-refractivity contribution in [2.45, 2.75) is 39.3 Å². The summed E-state index contributed by atoms with van der Waals surface area (Å²) in [6, 6.07) is 12.6. The quantitative estimate of drug-likeness (QED) is 0.710. The van der Waals surface area contributed by atoms with E-state index in [1.54, 1.807) is 39.1 Å². The molecule has 0 spiro atoms. The molecule has 0 aliphatic heterocycles. The molecular weight excluding hydrogens is 360 g/mol. The van der Waals surface area contributed by atoms with Crippen LogP contribution in [0.1, 0.15) is 49.8 Å². The standard InChI is InChI=1S/C20H26N4O4/c1-14(15-9-6-5-7-10-15)22-18(26)16-11-8-12-24(16)23-17(25)13-21-19(27)28-20(2,3)4/h5-12,14H,13H2,1-4H3,(H,21,27)(H,22,26)(H,23,25). The smallest absolute Gasteiger partial charge is 0.408 e. The van der Waals surface area contributed by atoms with Crippen LogP contribution >= 0.6 is 0 Å². The van der Waals surface area contributed by atoms with Crippen LogP contribution < -0.4 is 16.1 Å². The van der Waals surface area contributed by atoms with E-state index in [4.69, 9.17) is 4.74 Å². The third-order valence-corrected chi connectivity index (χ3v) is 3.67. The van der Waals surface area contributed by atoms with Crippen LogP contribution in [-0.4, -0.2) is 34.7 Å². The van der Waals surface area contributed by atoms with Gasteiger partial charge in [0.15, 0.2) is 0 Å². The summed E-state index contributed by atoms with van der Waals surface area (Å²) in [5, 5.41) is 5.25. The number of hydrogen-bond acceptors (Lipinski definition) is 4. The zero-order valence-electron chi connectivity index (χ0n) is 16.5. The Morgan fingerprint density at radius 2 is 1.75 bits per heavy atom. The van der Waals surface area contributed by atoms with Crippen molar-refractivity contribution in [3.63, 3.8) is 0 Å². The fourth-order valence-electron chi connectivity index (χ4n) is 2.40. The van der Waals surface area contributed by atoms with Crippen LogP contribution in [0.25, 0.3) is 0 Å². The number of carbonyl (C=O) groups excluding carboxylic acids is 3. The number of aromatic nitrogens is 1. The molecule has 1 aromatic heterocycles. The van der Waals surface area contributed by atoms with Crippen molar-refractivity contribution in [1.29, 1.82) is 0 Å². The lowest BCUT2D eigenvalue weighted by Gasteiger charge is -2.19. The van der Waals surface area contributed by atoms with Gasteiger partial charge in [0, 0.05) is 6.20 Å². The van der Waals surface area contributed by atoms with Crippen LogP contribution in [0.5, 0.6) is 0 Å². The Morgan fingerprint density at radius 3 is 2.39 bits per heavy atom. The van der Waals surface area contributed by atoms with Crippen LogP contribution in [-0.2, 0) is 9.53 Å². The van der Waals surface area contributed by atoms with Gasteiger partial charge in [-0.25, -0.2) is 4.79 Å². The largest absolute Gasteiger partial charge is 0.444 e. The van der Waals surface area contributed by atoms with Crippen LogP contribution in [0, 0.1) is 0 Å². The third kappa shape index (κ3) is 6.46. The number of carbonyl (C=O) groups is 3. The summed E-state index contributed by atoms with van der Waals surface area (Å²) in [5.74, 6) is -0.825. The molecule has 8 heteroatoms. The normalized spacial score (nSPS) is 12.0. The summed E-state index contributed by atoms with van der Waals surface area (Å²) in [6.45, 7) is 6.79. The highest BCUT2D eigenvalue weighted by molar-refractivity contribution is 5.95. The Labute approximate surface area is 164 Å². The predicted octanol–water partition coefficient (Wildman–Crippen LogP) is 2.57. The summed E-state index contributed by atoms with van der Waals surface area (Å²) < 4.78 is 6.38. The van der Waals surface area contributed by atoms with Gasteiger partial charge in [0.2, 0.25) is 0 Å². The fourth-order valence-corrected chi connectivity index (χ4v) is 2.40. The Bertz CT molecular complexity index is 824. The van der Waals surface area contributed by atoms with E-state index >= 15 is 0 Å². The Kier molecular flexibility index (Phi) is 6.81. The van der Waals surface area contributed by atoms with E-state index in [1.165, 1.54) is 4.68 Å². The molecule has 3 N–H and O–H groups in total. The van der Waals surface area contributed by atoms with Crippen molar-refractivity contribution in [1.82, 2.24) is 15.3 Å². The molecule has 8 nitrogen and oxygen atoms in total. The van der Waals surface area contributed by atoms with Crippen molar-refractivity contribution in [3.8, 4) is 0 Å². The fraction of sp³-hybridized carbons (Fsp3) is 0.350. The van der Waals surface area contributed by atoms with E-state index in [9.17, 15) is 14.4 Å². The Balaban J connectivity index is 1.91. The molecule has 28 heavy (non-hydrogen) atoms. The Morgan fingerprint density at radius 1 is 1.07 bits per heavy atom. The maximum atomic E-state index is 12.5. The van der Waals surface area contributed by atoms with Crippen molar-refractivity contribution in [2.75, 3.05) is 12.0 Å². The van der Waals surface area contributed by atoms with Gasteiger partial charge in [0.1, 0.15) is 17.8 Å². The highest BCUT2D eigenvalue weighted by Crippen LogP contribution is 2.12. The van der Waals surface area contributed by atoms with Crippen LogP contribution in [0.3, 0.4) is 0 Å². The SMILES string of the molecule is CC(NC(=O)c1cccn1NC(=O)CNC(=O)OC(C)(C)C)c1ccccc1. The van der Waals surface area contributed by atoms with Gasteiger partial charge in [-0.2, -0.15) is 0 Å². The van der Waals surface area contributed by atoms with E-state index in [0.717, 1.165) is 5.56 Å². The summed E-state index contributed by atoms with van der Waals surface area (Å²) in [7, 11) is 0. The zero-order valence-corrected chi connectivity index (χ0v) is 16.5. The van der Waals surface area contributed by atoms with Gasteiger partial charge in [0.25, 0.3) is 11.8 Å². The molecule has 1 heterocycles. The first-order valence-electron chi connectivity index (χ1n) is 8.95. The molecule has 0 saturated heterocycles. The molecule has 0 radical (unpaired) electrons. The highest BCUT2D eigenvalue weighted by atomic mass is 16.6. The van der Waals surface area contributed by atoms with Crippen molar-refractivity contribution >= 4 is 17.9 Å². The average molecular weight is 386 g/mol. The number of hydrogen-bond donors (Lipinski definition) is 3. The first-order valence-corrected chi connectivity index (χ1v) is 8.95. The molecule has 3 amide bonds. The second-order valence-electron chi connectivity index (χ2n) is 7.26. The topological polar surface area (TPSA) is 101 Å². The monoisotopic (exact) mass is 386 g/mol. The zero-order chi connectivity index (χ0) is 20.7. The molecule has 150 valence electrons. The highest BCUT2D eigenvalue weighted by Gasteiger charge is 2.18. The molecular formula is C20H26N4O4. The second-order valence-corrected chi connectivity index (χ2v) is 7.26. The molecule has 2 rings (SSSR count). The third-order valence-electron chi connectivity index (χ3n) is 3.67. The molecule has 1 atom stereocenters. The van der Waals surface area contributed by atoms with Gasteiger partial charge in [-0.05, 0) is 45.4 Å². The van der Waals surface area contributed by atoms with E-state index in [1.807, 2.05) is 37.3 Å². The van der Waals surface area contributed by atoms with Crippen molar-refractivity contribution in [3.05, 3.63) is 59.9 Å². The van der Waals surface area contributed by atoms with Crippen molar-refractivity contribution < 1.29 is 19.1 Å². The molecule has 0 fully saturated rings. The lowest BCUT2D eigenvalue weighted by atomic mass is 10.1. The maximum absolute atomic E-state index is 12.5. The number of rotatable bonds is 6. The minimum atomic E-state index is -0.690. The van der Waals surface area contributed by atoms with Gasteiger partial charge in [-0.15, -0.1) is 0 Å². The van der Waals surface area contributed by atoms with Crippen molar-refractivity contribution in [2.24, 2.45) is 0 Å². The second kappa shape index (κ2) is 9.07. The molecule has 1 unspecified atom stereocenters. The first kappa shape index (κ1) is 21.0. The first-order chi connectivity index (χ1) is 13.2. The van der Waals surface area contributed by atoms with Crippen LogP contribution in [0.15, 0.2) is 48.7 Å².